The first kappa shape index (κ1) is 28.5. The van der Waals surface area contributed by atoms with Gasteiger partial charge in [0.2, 0.25) is 5.91 Å². The van der Waals surface area contributed by atoms with Gasteiger partial charge in [-0.3, -0.25) is 19.9 Å². The predicted octanol–water partition coefficient (Wildman–Crippen LogP) is 5.87. The Bertz CT molecular complexity index is 2010. The molecule has 0 atom stereocenters. The fraction of sp³-hybridized carbons (Fsp3) is 0.273. The molecule has 1 aliphatic carbocycles. The number of carbonyl (C=O) groups excluding carboxylic acids is 1. The second kappa shape index (κ2) is 12.0. The van der Waals surface area contributed by atoms with Crippen LogP contribution < -0.4 is 10.6 Å². The molecule has 0 radical (unpaired) electrons. The lowest BCUT2D eigenvalue weighted by Gasteiger charge is -2.12. The van der Waals surface area contributed by atoms with Gasteiger partial charge in [0.25, 0.3) is 0 Å². The minimum absolute atomic E-state index is 0.0424. The second-order valence-corrected chi connectivity index (χ2v) is 11.7. The molecule has 1 fully saturated rings. The molecule has 0 saturated heterocycles. The number of hydrogen-bond donors (Lipinski definition) is 4. The van der Waals surface area contributed by atoms with E-state index in [0.717, 1.165) is 43.3 Å². The van der Waals surface area contributed by atoms with E-state index in [4.69, 9.17) is 9.97 Å². The number of imidazole rings is 1. The zero-order chi connectivity index (χ0) is 30.9. The normalized spacial score (nSPS) is 13.7. The molecule has 7 rings (SSSR count). The number of likely N-dealkylation sites (N-methyl/N-ethyl adjacent to an activating group) is 1. The summed E-state index contributed by atoms with van der Waals surface area (Å²) in [6, 6.07) is 10.5. The van der Waals surface area contributed by atoms with Crippen molar-refractivity contribution < 1.29 is 9.18 Å². The van der Waals surface area contributed by atoms with Crippen molar-refractivity contribution in [2.24, 2.45) is 5.92 Å². The number of carbonyl (C=O) groups is 1. The van der Waals surface area contributed by atoms with Crippen molar-refractivity contribution >= 4 is 39.3 Å². The predicted molar refractivity (Wildman–Crippen MR) is 173 cm³/mol. The summed E-state index contributed by atoms with van der Waals surface area (Å²) >= 11 is 0. The average molecular weight is 605 g/mol. The molecule has 5 heterocycles. The third-order valence-corrected chi connectivity index (χ3v) is 8.15. The fourth-order valence-electron chi connectivity index (χ4n) is 5.83. The number of halogens is 1. The van der Waals surface area contributed by atoms with Crippen LogP contribution in [0.5, 0.6) is 0 Å². The van der Waals surface area contributed by atoms with Gasteiger partial charge in [-0.15, -0.1) is 0 Å². The summed E-state index contributed by atoms with van der Waals surface area (Å²) in [7, 11) is 3.99. The summed E-state index contributed by atoms with van der Waals surface area (Å²) in [6.45, 7) is 1.50. The molecule has 1 saturated carbocycles. The maximum atomic E-state index is 14.7. The molecule has 6 aromatic rings. The Morgan fingerprint density at radius 3 is 2.60 bits per heavy atom. The first-order valence-corrected chi connectivity index (χ1v) is 15.1. The number of aromatic amines is 2. The molecule has 0 spiro atoms. The summed E-state index contributed by atoms with van der Waals surface area (Å²) in [5, 5.41) is 13.9. The van der Waals surface area contributed by atoms with Crippen molar-refractivity contribution in [3.05, 3.63) is 67.0 Å². The van der Waals surface area contributed by atoms with E-state index in [1.165, 1.54) is 12.1 Å². The van der Waals surface area contributed by atoms with Gasteiger partial charge in [-0.05, 0) is 68.9 Å². The molecule has 0 bridgehead atoms. The number of amides is 1. The maximum Gasteiger partial charge on any atom is 0.227 e. The van der Waals surface area contributed by atoms with Gasteiger partial charge in [0.15, 0.2) is 11.5 Å². The third kappa shape index (κ3) is 5.96. The highest BCUT2D eigenvalue weighted by Gasteiger charge is 2.23. The van der Waals surface area contributed by atoms with E-state index in [1.807, 2.05) is 38.4 Å². The summed E-state index contributed by atoms with van der Waals surface area (Å²) in [5.74, 6) is 0.260. The molecule has 228 valence electrons. The highest BCUT2D eigenvalue weighted by atomic mass is 19.1. The van der Waals surface area contributed by atoms with Crippen LogP contribution in [0, 0.1) is 11.7 Å². The number of hydrogen-bond acceptors (Lipinski definition) is 8. The molecule has 45 heavy (non-hydrogen) atoms. The van der Waals surface area contributed by atoms with E-state index in [-0.39, 0.29) is 17.6 Å². The van der Waals surface area contributed by atoms with Gasteiger partial charge in [0.05, 0.1) is 40.3 Å². The molecular weight excluding hydrogens is 571 g/mol. The molecule has 5 aromatic heterocycles. The van der Waals surface area contributed by atoms with Gasteiger partial charge in [0, 0.05) is 48.2 Å². The fourth-order valence-corrected chi connectivity index (χ4v) is 5.83. The average Bonchev–Trinajstić information content (AvgIpc) is 3.80. The lowest BCUT2D eigenvalue weighted by molar-refractivity contribution is -0.119. The van der Waals surface area contributed by atoms with Crippen molar-refractivity contribution in [3.8, 4) is 33.9 Å². The smallest absolute Gasteiger partial charge is 0.227 e. The molecule has 0 unspecified atom stereocenters. The molecule has 0 aliphatic heterocycles. The van der Waals surface area contributed by atoms with E-state index in [2.05, 4.69) is 40.7 Å². The third-order valence-electron chi connectivity index (χ3n) is 8.15. The minimum Gasteiger partial charge on any atom is -0.384 e. The quantitative estimate of drug-likeness (QED) is 0.161. The van der Waals surface area contributed by atoms with E-state index in [0.29, 0.717) is 62.8 Å². The van der Waals surface area contributed by atoms with Gasteiger partial charge < -0.3 is 20.5 Å². The number of nitrogens with zero attached hydrogens (tertiary/aromatic N) is 6. The topological polar surface area (TPSA) is 140 Å². The Hall–Kier alpha value is -5.23. The molecule has 11 nitrogen and oxygen atoms in total. The Kier molecular flexibility index (Phi) is 7.64. The van der Waals surface area contributed by atoms with Gasteiger partial charge in [-0.25, -0.2) is 14.4 Å². The number of H-pyrrole nitrogens is 2. The van der Waals surface area contributed by atoms with Gasteiger partial charge >= 0.3 is 0 Å². The first-order chi connectivity index (χ1) is 21.9. The standard InChI is InChI=1S/C33H33FN10O/c1-44(2)10-9-37-23-12-20(11-22(34)14-23)25-17-36-18-28-29(25)41-32(40-28)31-30-27(42-43-31)8-7-26(39-30)21-13-24(16-35-15-21)38-33(45)19-5-3-4-6-19/h7-8,11-19,37H,3-6,9-10H2,1-2H3,(H,38,45)(H,40,41)(H,42,43). The van der Waals surface area contributed by atoms with Crippen LogP contribution in [-0.2, 0) is 4.79 Å². The Balaban J connectivity index is 1.20. The SMILES string of the molecule is CN(C)CCNc1cc(F)cc(-c2cncc3[nH]c(-c4n[nH]c5ccc(-c6cncc(NC(=O)C7CCCC7)c6)nc45)nc23)c1. The number of nitrogens with one attached hydrogen (secondary N) is 4. The van der Waals surface area contributed by atoms with Crippen LogP contribution in [0.2, 0.25) is 0 Å². The highest BCUT2D eigenvalue weighted by molar-refractivity contribution is 5.96. The number of rotatable bonds is 9. The van der Waals surface area contributed by atoms with Crippen molar-refractivity contribution in [1.82, 2.24) is 40.0 Å². The molecule has 1 aliphatic rings. The zero-order valence-electron chi connectivity index (χ0n) is 25.1. The lowest BCUT2D eigenvalue weighted by atomic mass is 10.1. The number of anilines is 2. The van der Waals surface area contributed by atoms with Crippen LogP contribution in [0.15, 0.2) is 61.2 Å². The van der Waals surface area contributed by atoms with Gasteiger partial charge in [-0.1, -0.05) is 12.8 Å². The molecule has 1 amide bonds. The van der Waals surface area contributed by atoms with Crippen molar-refractivity contribution in [1.29, 1.82) is 0 Å². The molecule has 1 aromatic carbocycles. The van der Waals surface area contributed by atoms with Crippen molar-refractivity contribution in [3.63, 3.8) is 0 Å². The summed E-state index contributed by atoms with van der Waals surface area (Å²) in [5.41, 5.74) is 7.38. The number of fused-ring (bicyclic) bond motifs is 2. The maximum absolute atomic E-state index is 14.7. The van der Waals surface area contributed by atoms with Crippen molar-refractivity contribution in [2.75, 3.05) is 37.8 Å². The van der Waals surface area contributed by atoms with Crippen LogP contribution in [0.1, 0.15) is 25.7 Å². The van der Waals surface area contributed by atoms with E-state index in [9.17, 15) is 9.18 Å². The second-order valence-electron chi connectivity index (χ2n) is 11.7. The van der Waals surface area contributed by atoms with Gasteiger partial charge in [-0.2, -0.15) is 5.10 Å². The highest BCUT2D eigenvalue weighted by Crippen LogP contribution is 2.33. The minimum atomic E-state index is -0.348. The van der Waals surface area contributed by atoms with E-state index >= 15 is 0 Å². The Labute approximate surface area is 258 Å². The number of pyridine rings is 3. The van der Waals surface area contributed by atoms with Crippen molar-refractivity contribution in [2.45, 2.75) is 25.7 Å². The summed E-state index contributed by atoms with van der Waals surface area (Å²) < 4.78 is 14.7. The Morgan fingerprint density at radius 1 is 0.933 bits per heavy atom. The van der Waals surface area contributed by atoms with E-state index < -0.39 is 0 Å². The Morgan fingerprint density at radius 2 is 1.76 bits per heavy atom. The summed E-state index contributed by atoms with van der Waals surface area (Å²) in [6.07, 6.45) is 10.8. The van der Waals surface area contributed by atoms with Crippen LogP contribution in [0.4, 0.5) is 15.8 Å². The van der Waals surface area contributed by atoms with E-state index in [1.54, 1.807) is 24.8 Å². The monoisotopic (exact) mass is 604 g/mol. The lowest BCUT2D eigenvalue weighted by Crippen LogP contribution is -2.20. The zero-order valence-corrected chi connectivity index (χ0v) is 25.1. The number of benzene rings is 1. The largest absolute Gasteiger partial charge is 0.384 e. The van der Waals surface area contributed by atoms with Crippen LogP contribution >= 0.6 is 0 Å². The van der Waals surface area contributed by atoms with Gasteiger partial charge in [0.1, 0.15) is 11.3 Å². The molecular formula is C33H33FN10O. The van der Waals surface area contributed by atoms with Crippen LogP contribution in [0.25, 0.3) is 56.0 Å². The first-order valence-electron chi connectivity index (χ1n) is 15.1. The summed E-state index contributed by atoms with van der Waals surface area (Å²) in [4.78, 5) is 36.6. The molecule has 12 heteroatoms. The number of aromatic nitrogens is 7. The van der Waals surface area contributed by atoms with Crippen LogP contribution in [-0.4, -0.2) is 73.1 Å². The molecule has 4 N–H and O–H groups in total. The van der Waals surface area contributed by atoms with Crippen LogP contribution in [0.3, 0.4) is 0 Å².